The van der Waals surface area contributed by atoms with Gasteiger partial charge in [-0.15, -0.1) is 0 Å². The van der Waals surface area contributed by atoms with Gasteiger partial charge < -0.3 is 4.52 Å². The molecule has 1 aromatic heterocycles. The maximum absolute atomic E-state index is 12.5. The van der Waals surface area contributed by atoms with Gasteiger partial charge in [0.1, 0.15) is 0 Å². The summed E-state index contributed by atoms with van der Waals surface area (Å²) >= 11 is 0. The number of nitrogens with zero attached hydrogens (tertiary/aromatic N) is 3. The Morgan fingerprint density at radius 1 is 1.14 bits per heavy atom. The fourth-order valence-corrected chi connectivity index (χ4v) is 4.10. The zero-order valence-electron chi connectivity index (χ0n) is 12.3. The highest BCUT2D eigenvalue weighted by atomic mass is 32.2. The number of rotatable bonds is 4. The molecule has 0 N–H and O–H groups in total. The van der Waals surface area contributed by atoms with Gasteiger partial charge in [-0.05, 0) is 31.9 Å². The van der Waals surface area contributed by atoms with E-state index in [2.05, 4.69) is 10.1 Å². The van der Waals surface area contributed by atoms with Gasteiger partial charge in [-0.1, -0.05) is 22.9 Å². The third-order valence-electron chi connectivity index (χ3n) is 4.26. The number of aromatic nitrogens is 2. The molecule has 0 bridgehead atoms. The third kappa shape index (κ3) is 2.34. The Kier molecular flexibility index (Phi) is 3.09. The molecule has 116 valence electrons. The van der Waals surface area contributed by atoms with Crippen LogP contribution in [-0.4, -0.2) is 36.0 Å². The lowest BCUT2D eigenvalue weighted by molar-refractivity contribution is 0.216. The maximum Gasteiger partial charge on any atom is 0.243 e. The van der Waals surface area contributed by atoms with Gasteiger partial charge in [0.05, 0.1) is 10.8 Å². The van der Waals surface area contributed by atoms with E-state index in [9.17, 15) is 8.42 Å². The highest BCUT2D eigenvalue weighted by Crippen LogP contribution is 2.39. The molecule has 0 spiro atoms. The first kappa shape index (κ1) is 13.9. The molecule has 1 aromatic carbocycles. The van der Waals surface area contributed by atoms with Gasteiger partial charge in [-0.25, -0.2) is 8.42 Å². The van der Waals surface area contributed by atoms with Crippen molar-refractivity contribution in [3.05, 3.63) is 41.5 Å². The summed E-state index contributed by atoms with van der Waals surface area (Å²) < 4.78 is 31.7. The minimum atomic E-state index is -3.41. The molecule has 6 nitrogen and oxygen atoms in total. The van der Waals surface area contributed by atoms with Crippen molar-refractivity contribution in [2.75, 3.05) is 13.1 Å². The lowest BCUT2D eigenvalue weighted by Crippen LogP contribution is -2.48. The smallest absolute Gasteiger partial charge is 0.243 e. The summed E-state index contributed by atoms with van der Waals surface area (Å²) in [5.74, 6) is 1.80. The summed E-state index contributed by atoms with van der Waals surface area (Å²) in [6.45, 7) is 2.74. The molecule has 2 heterocycles. The summed E-state index contributed by atoms with van der Waals surface area (Å²) in [5, 5.41) is 3.98. The second-order valence-corrected chi connectivity index (χ2v) is 8.04. The second-order valence-electron chi connectivity index (χ2n) is 6.10. The molecular formula is C15H17N3O3S. The monoisotopic (exact) mass is 319 g/mol. The van der Waals surface area contributed by atoms with E-state index < -0.39 is 10.0 Å². The van der Waals surface area contributed by atoms with E-state index in [1.807, 2.05) is 19.1 Å². The molecule has 22 heavy (non-hydrogen) atoms. The predicted octanol–water partition coefficient (Wildman–Crippen LogP) is 2.04. The van der Waals surface area contributed by atoms with Gasteiger partial charge in [-0.2, -0.15) is 9.29 Å². The van der Waals surface area contributed by atoms with Crippen molar-refractivity contribution in [1.82, 2.24) is 14.4 Å². The first-order valence-electron chi connectivity index (χ1n) is 7.44. The Morgan fingerprint density at radius 2 is 1.82 bits per heavy atom. The highest BCUT2D eigenvalue weighted by Gasteiger charge is 2.41. The van der Waals surface area contributed by atoms with Crippen LogP contribution in [0.4, 0.5) is 0 Å². The van der Waals surface area contributed by atoms with Gasteiger partial charge >= 0.3 is 0 Å². The highest BCUT2D eigenvalue weighted by molar-refractivity contribution is 7.89. The molecule has 7 heteroatoms. The first-order valence-corrected chi connectivity index (χ1v) is 8.88. The zero-order chi connectivity index (χ0) is 15.3. The van der Waals surface area contributed by atoms with Crippen molar-refractivity contribution >= 4 is 10.0 Å². The van der Waals surface area contributed by atoms with E-state index in [-0.39, 0.29) is 5.92 Å². The van der Waals surface area contributed by atoms with Crippen LogP contribution < -0.4 is 0 Å². The molecule has 2 fully saturated rings. The summed E-state index contributed by atoms with van der Waals surface area (Å²) in [6, 6.07) is 6.92. The van der Waals surface area contributed by atoms with Gasteiger partial charge in [0, 0.05) is 19.0 Å². The Morgan fingerprint density at radius 3 is 2.45 bits per heavy atom. The van der Waals surface area contributed by atoms with E-state index in [1.165, 1.54) is 4.31 Å². The number of benzene rings is 1. The fourth-order valence-electron chi connectivity index (χ4n) is 2.57. The van der Waals surface area contributed by atoms with Crippen LogP contribution in [0.1, 0.15) is 42.0 Å². The van der Waals surface area contributed by atoms with Gasteiger partial charge in [0.25, 0.3) is 0 Å². The molecule has 4 rings (SSSR count). The zero-order valence-corrected chi connectivity index (χ0v) is 13.1. The van der Waals surface area contributed by atoms with Crippen LogP contribution in [0.25, 0.3) is 0 Å². The quantitative estimate of drug-likeness (QED) is 0.862. The van der Waals surface area contributed by atoms with E-state index in [0.29, 0.717) is 29.8 Å². The molecule has 0 atom stereocenters. The molecule has 1 aliphatic carbocycles. The van der Waals surface area contributed by atoms with Crippen molar-refractivity contribution in [2.45, 2.75) is 36.5 Å². The summed E-state index contributed by atoms with van der Waals surface area (Å²) in [6.07, 6.45) is 2.25. The van der Waals surface area contributed by atoms with Crippen LogP contribution in [0.3, 0.4) is 0 Å². The minimum Gasteiger partial charge on any atom is -0.339 e. The Labute approximate surface area is 129 Å². The molecule has 0 amide bonds. The molecule has 1 aliphatic heterocycles. The predicted molar refractivity (Wildman–Crippen MR) is 79.0 cm³/mol. The van der Waals surface area contributed by atoms with E-state index in [1.54, 1.807) is 12.1 Å². The van der Waals surface area contributed by atoms with E-state index >= 15 is 0 Å². The average Bonchev–Trinajstić information content (AvgIpc) is 3.17. The molecule has 1 saturated heterocycles. The van der Waals surface area contributed by atoms with Gasteiger partial charge in [0.2, 0.25) is 15.9 Å². The van der Waals surface area contributed by atoms with E-state index in [0.717, 1.165) is 24.2 Å². The van der Waals surface area contributed by atoms with Crippen LogP contribution in [0.2, 0.25) is 0 Å². The number of hydrogen-bond acceptors (Lipinski definition) is 5. The molecule has 0 radical (unpaired) electrons. The summed E-state index contributed by atoms with van der Waals surface area (Å²) in [4.78, 5) is 4.73. The third-order valence-corrected chi connectivity index (χ3v) is 6.10. The van der Waals surface area contributed by atoms with Crippen LogP contribution >= 0.6 is 0 Å². The SMILES string of the molecule is Cc1ccc(S(=O)(=O)N2CC(c3nc(C4CC4)no3)C2)cc1. The van der Waals surface area contributed by atoms with Crippen molar-refractivity contribution in [3.8, 4) is 0 Å². The van der Waals surface area contributed by atoms with Crippen LogP contribution in [0.5, 0.6) is 0 Å². The molecule has 2 aliphatic rings. The fraction of sp³-hybridized carbons (Fsp3) is 0.467. The average molecular weight is 319 g/mol. The number of aryl methyl sites for hydroxylation is 1. The van der Waals surface area contributed by atoms with E-state index in [4.69, 9.17) is 4.52 Å². The molecule has 2 aromatic rings. The normalized spacial score (nSPS) is 20.0. The lowest BCUT2D eigenvalue weighted by atomic mass is 10.0. The van der Waals surface area contributed by atoms with Gasteiger partial charge in [-0.3, -0.25) is 0 Å². The van der Waals surface area contributed by atoms with Crippen LogP contribution in [0.15, 0.2) is 33.7 Å². The maximum atomic E-state index is 12.5. The topological polar surface area (TPSA) is 76.3 Å². The number of hydrogen-bond donors (Lipinski definition) is 0. The summed E-state index contributed by atoms with van der Waals surface area (Å²) in [5.41, 5.74) is 1.04. The molecular weight excluding hydrogens is 302 g/mol. The standard InChI is InChI=1S/C15H17N3O3S/c1-10-2-6-13(7-3-10)22(19,20)18-8-12(9-18)15-16-14(17-21-15)11-4-5-11/h2-3,6-7,11-12H,4-5,8-9H2,1H3. The Balaban J connectivity index is 1.46. The van der Waals surface area contributed by atoms with Crippen molar-refractivity contribution in [2.24, 2.45) is 0 Å². The van der Waals surface area contributed by atoms with Crippen molar-refractivity contribution in [1.29, 1.82) is 0 Å². The van der Waals surface area contributed by atoms with Gasteiger partial charge in [0.15, 0.2) is 5.82 Å². The lowest BCUT2D eigenvalue weighted by Gasteiger charge is -2.35. The van der Waals surface area contributed by atoms with Crippen molar-refractivity contribution < 1.29 is 12.9 Å². The molecule has 1 saturated carbocycles. The Bertz CT molecular complexity index is 788. The van der Waals surface area contributed by atoms with Crippen molar-refractivity contribution in [3.63, 3.8) is 0 Å². The minimum absolute atomic E-state index is 0.0141. The second kappa shape index (κ2) is 4.89. The van der Waals surface area contributed by atoms with Crippen LogP contribution in [0, 0.1) is 6.92 Å². The van der Waals surface area contributed by atoms with Crippen LogP contribution in [-0.2, 0) is 10.0 Å². The molecule has 0 unspecified atom stereocenters. The summed E-state index contributed by atoms with van der Waals surface area (Å²) in [7, 11) is -3.41. The largest absolute Gasteiger partial charge is 0.339 e. The first-order chi connectivity index (χ1) is 10.5. The number of sulfonamides is 1. The Hall–Kier alpha value is -1.73.